The molecule has 154 valence electrons. The number of imide groups is 1. The van der Waals surface area contributed by atoms with Crippen LogP contribution in [0.4, 0.5) is 5.69 Å². The molecular weight excluding hydrogens is 408 g/mol. The Kier molecular flexibility index (Phi) is 4.87. The second-order valence-corrected chi connectivity index (χ2v) is 8.38. The Bertz CT molecular complexity index is 1210. The molecule has 0 aromatic heterocycles. The Morgan fingerprint density at radius 2 is 1.58 bits per heavy atom. The van der Waals surface area contributed by atoms with Crippen LogP contribution in [0.25, 0.3) is 5.57 Å². The lowest BCUT2D eigenvalue weighted by molar-refractivity contribution is -0.137. The zero-order valence-electron chi connectivity index (χ0n) is 17.1. The summed E-state index contributed by atoms with van der Waals surface area (Å²) in [5, 5.41) is 0.621. The van der Waals surface area contributed by atoms with Crippen molar-refractivity contribution in [1.82, 2.24) is 4.90 Å². The normalized spacial score (nSPS) is 15.8. The molecule has 0 radical (unpaired) electrons. The van der Waals surface area contributed by atoms with Crippen molar-refractivity contribution in [3.05, 3.63) is 106 Å². The lowest BCUT2D eigenvalue weighted by Crippen LogP contribution is -2.34. The highest BCUT2D eigenvalue weighted by atomic mass is 35.5. The number of benzene rings is 3. The van der Waals surface area contributed by atoms with Crippen molar-refractivity contribution in [2.24, 2.45) is 0 Å². The monoisotopic (exact) mass is 428 g/mol. The molecule has 0 atom stereocenters. The van der Waals surface area contributed by atoms with Crippen LogP contribution < -0.4 is 4.90 Å². The van der Waals surface area contributed by atoms with Gasteiger partial charge in [0.2, 0.25) is 0 Å². The molecule has 0 saturated carbocycles. The number of anilines is 1. The number of hydrogen-bond donors (Lipinski definition) is 0. The largest absolute Gasteiger partial charge is 0.336 e. The lowest BCUT2D eigenvalue weighted by atomic mass is 10.0. The van der Waals surface area contributed by atoms with Gasteiger partial charge >= 0.3 is 0 Å². The topological polar surface area (TPSA) is 40.6 Å². The van der Waals surface area contributed by atoms with E-state index in [1.807, 2.05) is 66.4 Å². The van der Waals surface area contributed by atoms with Gasteiger partial charge in [0, 0.05) is 17.3 Å². The molecule has 0 bridgehead atoms. The minimum absolute atomic E-state index is 0.211. The maximum Gasteiger partial charge on any atom is 0.278 e. The summed E-state index contributed by atoms with van der Waals surface area (Å²) in [6, 6.07) is 23.1. The lowest BCUT2D eigenvalue weighted by Gasteiger charge is -2.22. The fourth-order valence-corrected chi connectivity index (χ4v) is 4.41. The smallest absolute Gasteiger partial charge is 0.278 e. The third-order valence-corrected chi connectivity index (χ3v) is 6.15. The molecule has 2 amide bonds. The molecular formula is C26H21ClN2O2. The van der Waals surface area contributed by atoms with Crippen molar-refractivity contribution >= 4 is 34.7 Å². The van der Waals surface area contributed by atoms with Crippen molar-refractivity contribution < 1.29 is 9.59 Å². The van der Waals surface area contributed by atoms with E-state index in [1.54, 1.807) is 12.1 Å². The third kappa shape index (κ3) is 3.43. The molecule has 2 heterocycles. The Hall–Kier alpha value is -3.37. The van der Waals surface area contributed by atoms with Crippen LogP contribution in [0, 0.1) is 6.92 Å². The highest BCUT2D eigenvalue weighted by molar-refractivity contribution is 6.36. The summed E-state index contributed by atoms with van der Waals surface area (Å²) in [7, 11) is 0. The molecule has 31 heavy (non-hydrogen) atoms. The molecule has 0 saturated heterocycles. The van der Waals surface area contributed by atoms with Crippen LogP contribution in [-0.2, 0) is 22.6 Å². The van der Waals surface area contributed by atoms with E-state index < -0.39 is 0 Å². The molecule has 4 nitrogen and oxygen atoms in total. The number of carbonyl (C=O) groups is 2. The van der Waals surface area contributed by atoms with E-state index in [2.05, 4.69) is 6.07 Å². The number of carbonyl (C=O) groups excluding carboxylic acids is 2. The second kappa shape index (κ2) is 7.71. The molecule has 0 fully saturated rings. The van der Waals surface area contributed by atoms with Gasteiger partial charge in [0.1, 0.15) is 5.70 Å². The molecule has 0 spiro atoms. The van der Waals surface area contributed by atoms with Crippen molar-refractivity contribution in [3.63, 3.8) is 0 Å². The Labute approximate surface area is 186 Å². The zero-order valence-corrected chi connectivity index (χ0v) is 17.9. The van der Waals surface area contributed by atoms with Gasteiger partial charge in [0.15, 0.2) is 0 Å². The van der Waals surface area contributed by atoms with Gasteiger partial charge in [-0.3, -0.25) is 14.5 Å². The first kappa shape index (κ1) is 19.6. The number of amides is 2. The summed E-state index contributed by atoms with van der Waals surface area (Å²) in [5.74, 6) is -0.518. The van der Waals surface area contributed by atoms with E-state index >= 15 is 0 Å². The van der Waals surface area contributed by atoms with Gasteiger partial charge in [0.05, 0.1) is 12.1 Å². The summed E-state index contributed by atoms with van der Waals surface area (Å²) >= 11 is 6.00. The maximum atomic E-state index is 13.6. The van der Waals surface area contributed by atoms with Gasteiger partial charge in [-0.05, 0) is 48.2 Å². The molecule has 5 heteroatoms. The van der Waals surface area contributed by atoms with Crippen LogP contribution in [0.15, 0.2) is 78.5 Å². The first-order chi connectivity index (χ1) is 15.0. The van der Waals surface area contributed by atoms with Crippen LogP contribution in [0.2, 0.25) is 5.02 Å². The van der Waals surface area contributed by atoms with Gasteiger partial charge in [0.25, 0.3) is 11.8 Å². The standard InChI is InChI=1S/C26H21ClN2O2/c1-17-6-10-20(11-7-17)23-24(28-15-14-19-4-2-3-5-22(19)28)26(31)29(25(23)30)16-18-8-12-21(27)13-9-18/h2-13H,14-16H2,1H3. The fraction of sp³-hybridized carbons (Fsp3) is 0.154. The Morgan fingerprint density at radius 3 is 2.32 bits per heavy atom. The summed E-state index contributed by atoms with van der Waals surface area (Å²) in [5.41, 5.74) is 5.85. The van der Waals surface area contributed by atoms with Crippen LogP contribution >= 0.6 is 11.6 Å². The Balaban J connectivity index is 1.60. The summed E-state index contributed by atoms with van der Waals surface area (Å²) in [6.07, 6.45) is 0.847. The first-order valence-electron chi connectivity index (χ1n) is 10.3. The fourth-order valence-electron chi connectivity index (χ4n) is 4.28. The van der Waals surface area contributed by atoms with Crippen molar-refractivity contribution in [2.75, 3.05) is 11.4 Å². The SMILES string of the molecule is Cc1ccc(C2=C(N3CCc4ccccc43)C(=O)N(Cc3ccc(Cl)cc3)C2=O)cc1. The van der Waals surface area contributed by atoms with Crippen molar-refractivity contribution in [1.29, 1.82) is 0 Å². The van der Waals surface area contributed by atoms with Gasteiger partial charge in [-0.15, -0.1) is 0 Å². The van der Waals surface area contributed by atoms with Gasteiger partial charge in [-0.25, -0.2) is 0 Å². The minimum Gasteiger partial charge on any atom is -0.336 e. The highest BCUT2D eigenvalue weighted by Gasteiger charge is 2.43. The summed E-state index contributed by atoms with van der Waals surface area (Å²) in [6.45, 7) is 2.89. The van der Waals surface area contributed by atoms with E-state index in [1.165, 1.54) is 10.5 Å². The predicted molar refractivity (Wildman–Crippen MR) is 123 cm³/mol. The van der Waals surface area contributed by atoms with Gasteiger partial charge < -0.3 is 4.90 Å². The number of para-hydroxylation sites is 1. The number of fused-ring (bicyclic) bond motifs is 1. The average Bonchev–Trinajstić information content (AvgIpc) is 3.30. The quantitative estimate of drug-likeness (QED) is 0.549. The van der Waals surface area contributed by atoms with Crippen LogP contribution in [0.1, 0.15) is 22.3 Å². The third-order valence-electron chi connectivity index (χ3n) is 5.89. The molecule has 3 aromatic rings. The van der Waals surface area contributed by atoms with Crippen LogP contribution in [0.5, 0.6) is 0 Å². The minimum atomic E-state index is -0.261. The summed E-state index contributed by atoms with van der Waals surface area (Å²) in [4.78, 5) is 30.5. The van der Waals surface area contributed by atoms with Gasteiger partial charge in [-0.2, -0.15) is 0 Å². The number of halogens is 1. The van der Waals surface area contributed by atoms with Crippen LogP contribution in [0.3, 0.4) is 0 Å². The number of nitrogens with zero attached hydrogens (tertiary/aromatic N) is 2. The zero-order chi connectivity index (χ0) is 21.5. The van der Waals surface area contributed by atoms with Gasteiger partial charge in [-0.1, -0.05) is 71.8 Å². The maximum absolute atomic E-state index is 13.6. The number of aryl methyl sites for hydroxylation is 1. The van der Waals surface area contributed by atoms with E-state index in [4.69, 9.17) is 11.6 Å². The summed E-state index contributed by atoms with van der Waals surface area (Å²) < 4.78 is 0. The molecule has 2 aliphatic heterocycles. The second-order valence-electron chi connectivity index (χ2n) is 7.94. The van der Waals surface area contributed by atoms with E-state index in [0.717, 1.165) is 28.8 Å². The Morgan fingerprint density at radius 1 is 0.871 bits per heavy atom. The molecule has 5 rings (SSSR count). The molecule has 0 aliphatic carbocycles. The van der Waals surface area contributed by atoms with E-state index in [9.17, 15) is 9.59 Å². The van der Waals surface area contributed by atoms with Crippen molar-refractivity contribution in [3.8, 4) is 0 Å². The highest BCUT2D eigenvalue weighted by Crippen LogP contribution is 2.39. The van der Waals surface area contributed by atoms with Crippen LogP contribution in [-0.4, -0.2) is 23.3 Å². The predicted octanol–water partition coefficient (Wildman–Crippen LogP) is 4.99. The van der Waals surface area contributed by atoms with E-state index in [-0.39, 0.29) is 18.4 Å². The molecule has 0 unspecified atom stereocenters. The van der Waals surface area contributed by atoms with E-state index in [0.29, 0.717) is 22.8 Å². The first-order valence-corrected chi connectivity index (χ1v) is 10.7. The number of hydrogen-bond acceptors (Lipinski definition) is 3. The molecule has 3 aromatic carbocycles. The molecule has 0 N–H and O–H groups in total. The van der Waals surface area contributed by atoms with Crippen molar-refractivity contribution in [2.45, 2.75) is 19.9 Å². The average molecular weight is 429 g/mol. The molecule has 2 aliphatic rings. The number of rotatable bonds is 4.